The number of hydrogen-bond acceptors (Lipinski definition) is 2. The van der Waals surface area contributed by atoms with Crippen LogP contribution in [0.15, 0.2) is 30.5 Å². The average Bonchev–Trinajstić information content (AvgIpc) is 2.61. The molecular formula is C13H19N3. The van der Waals surface area contributed by atoms with Crippen molar-refractivity contribution in [3.05, 3.63) is 36.0 Å². The molecule has 0 aliphatic carbocycles. The van der Waals surface area contributed by atoms with Gasteiger partial charge in [-0.3, -0.25) is 0 Å². The third kappa shape index (κ3) is 1.84. The Kier molecular flexibility index (Phi) is 2.99. The second-order valence-electron chi connectivity index (χ2n) is 4.56. The highest BCUT2D eigenvalue weighted by atomic mass is 15.1. The van der Waals surface area contributed by atoms with E-state index < -0.39 is 0 Å². The number of aromatic nitrogens is 1. The zero-order valence-corrected chi connectivity index (χ0v) is 10.1. The van der Waals surface area contributed by atoms with Crippen LogP contribution in [0.3, 0.4) is 0 Å². The van der Waals surface area contributed by atoms with E-state index in [9.17, 15) is 0 Å². The zero-order valence-electron chi connectivity index (χ0n) is 10.1. The van der Waals surface area contributed by atoms with Gasteiger partial charge in [0.25, 0.3) is 0 Å². The molecule has 3 N–H and O–H groups in total. The van der Waals surface area contributed by atoms with Crippen LogP contribution in [-0.2, 0) is 0 Å². The molecule has 3 nitrogen and oxygen atoms in total. The summed E-state index contributed by atoms with van der Waals surface area (Å²) < 4.78 is 0. The van der Waals surface area contributed by atoms with Crippen LogP contribution in [0, 0.1) is 0 Å². The normalized spacial score (nSPS) is 15.6. The number of H-pyrrole nitrogens is 1. The van der Waals surface area contributed by atoms with Gasteiger partial charge >= 0.3 is 0 Å². The number of para-hydroxylation sites is 1. The molecule has 3 heteroatoms. The van der Waals surface area contributed by atoms with E-state index in [1.807, 2.05) is 13.0 Å². The number of benzene rings is 1. The monoisotopic (exact) mass is 217 g/mol. The smallest absolute Gasteiger partial charge is 0.0512 e. The fourth-order valence-electron chi connectivity index (χ4n) is 2.37. The van der Waals surface area contributed by atoms with Gasteiger partial charge in [-0.05, 0) is 32.6 Å². The molecule has 16 heavy (non-hydrogen) atoms. The number of nitrogens with two attached hydrogens (primary N) is 1. The molecule has 2 aromatic rings. The van der Waals surface area contributed by atoms with Crippen LogP contribution in [0.1, 0.15) is 18.5 Å². The van der Waals surface area contributed by atoms with Crippen LogP contribution in [0.25, 0.3) is 10.9 Å². The SMILES string of the molecule is CC(N)C(c1c[nH]c2ccccc12)N(C)C. The van der Waals surface area contributed by atoms with Crippen molar-refractivity contribution < 1.29 is 0 Å². The molecule has 0 radical (unpaired) electrons. The molecule has 0 spiro atoms. The van der Waals surface area contributed by atoms with E-state index in [0.29, 0.717) is 0 Å². The lowest BCUT2D eigenvalue weighted by molar-refractivity contribution is 0.268. The van der Waals surface area contributed by atoms with Crippen LogP contribution < -0.4 is 5.73 Å². The summed E-state index contributed by atoms with van der Waals surface area (Å²) in [6.45, 7) is 2.05. The predicted molar refractivity (Wildman–Crippen MR) is 68.4 cm³/mol. The van der Waals surface area contributed by atoms with Crippen molar-refractivity contribution in [3.63, 3.8) is 0 Å². The molecule has 0 amide bonds. The molecule has 0 aliphatic heterocycles. The van der Waals surface area contributed by atoms with E-state index in [1.165, 1.54) is 16.5 Å². The van der Waals surface area contributed by atoms with E-state index >= 15 is 0 Å². The summed E-state index contributed by atoms with van der Waals surface area (Å²) in [7, 11) is 4.13. The molecule has 1 aromatic heterocycles. The number of nitrogens with zero attached hydrogens (tertiary/aromatic N) is 1. The van der Waals surface area contributed by atoms with Crippen LogP contribution in [0.4, 0.5) is 0 Å². The minimum atomic E-state index is 0.106. The lowest BCUT2D eigenvalue weighted by Gasteiger charge is -2.27. The van der Waals surface area contributed by atoms with E-state index in [1.54, 1.807) is 0 Å². The first kappa shape index (κ1) is 11.2. The van der Waals surface area contributed by atoms with Crippen molar-refractivity contribution in [1.82, 2.24) is 9.88 Å². The van der Waals surface area contributed by atoms with Crippen molar-refractivity contribution in [2.24, 2.45) is 5.73 Å². The Balaban J connectivity index is 2.53. The second kappa shape index (κ2) is 4.28. The maximum Gasteiger partial charge on any atom is 0.0512 e. The van der Waals surface area contributed by atoms with E-state index in [4.69, 9.17) is 5.73 Å². The van der Waals surface area contributed by atoms with Crippen molar-refractivity contribution in [3.8, 4) is 0 Å². The van der Waals surface area contributed by atoms with Crippen LogP contribution >= 0.6 is 0 Å². The highest BCUT2D eigenvalue weighted by Gasteiger charge is 2.21. The average molecular weight is 217 g/mol. The summed E-state index contributed by atoms with van der Waals surface area (Å²) in [5.41, 5.74) is 8.51. The number of hydrogen-bond donors (Lipinski definition) is 2. The Morgan fingerprint density at radius 3 is 2.56 bits per heavy atom. The number of nitrogens with one attached hydrogen (secondary N) is 1. The summed E-state index contributed by atoms with van der Waals surface area (Å²) in [5, 5.41) is 1.26. The minimum Gasteiger partial charge on any atom is -0.361 e. The lowest BCUT2D eigenvalue weighted by atomic mass is 9.99. The predicted octanol–water partition coefficient (Wildman–Crippen LogP) is 2.12. The van der Waals surface area contributed by atoms with Gasteiger partial charge < -0.3 is 15.6 Å². The molecule has 0 saturated carbocycles. The fourth-order valence-corrected chi connectivity index (χ4v) is 2.37. The molecule has 1 aromatic carbocycles. The van der Waals surface area contributed by atoms with Crippen LogP contribution in [0.5, 0.6) is 0 Å². The first-order valence-corrected chi connectivity index (χ1v) is 5.59. The largest absolute Gasteiger partial charge is 0.361 e. The van der Waals surface area contributed by atoms with E-state index in [2.05, 4.69) is 48.4 Å². The number of rotatable bonds is 3. The van der Waals surface area contributed by atoms with Gasteiger partial charge in [0.1, 0.15) is 0 Å². The number of likely N-dealkylation sites (N-methyl/N-ethyl adjacent to an activating group) is 1. The number of aromatic amines is 1. The van der Waals surface area contributed by atoms with Gasteiger partial charge in [0.2, 0.25) is 0 Å². The topological polar surface area (TPSA) is 45.1 Å². The summed E-state index contributed by atoms with van der Waals surface area (Å²) in [6.07, 6.45) is 2.07. The van der Waals surface area contributed by atoms with Crippen LogP contribution in [-0.4, -0.2) is 30.0 Å². The number of fused-ring (bicyclic) bond motifs is 1. The Labute approximate surface area is 96.2 Å². The van der Waals surface area contributed by atoms with Gasteiger partial charge in [-0.15, -0.1) is 0 Å². The Hall–Kier alpha value is -1.32. The van der Waals surface area contributed by atoms with Crippen molar-refractivity contribution in [1.29, 1.82) is 0 Å². The van der Waals surface area contributed by atoms with Crippen LogP contribution in [0.2, 0.25) is 0 Å². The summed E-state index contributed by atoms with van der Waals surface area (Å²) in [4.78, 5) is 5.46. The molecule has 86 valence electrons. The van der Waals surface area contributed by atoms with Crippen molar-refractivity contribution >= 4 is 10.9 Å². The van der Waals surface area contributed by atoms with Gasteiger partial charge in [0.05, 0.1) is 6.04 Å². The molecule has 2 atom stereocenters. The second-order valence-corrected chi connectivity index (χ2v) is 4.56. The van der Waals surface area contributed by atoms with E-state index in [0.717, 1.165) is 0 Å². The zero-order chi connectivity index (χ0) is 11.7. The van der Waals surface area contributed by atoms with Gasteiger partial charge in [-0.1, -0.05) is 18.2 Å². The first-order valence-electron chi connectivity index (χ1n) is 5.59. The molecule has 0 saturated heterocycles. The standard InChI is InChI=1S/C13H19N3/c1-9(14)13(16(2)3)11-8-15-12-7-5-4-6-10(11)12/h4-9,13,15H,14H2,1-3H3. The third-order valence-electron chi connectivity index (χ3n) is 2.99. The summed E-state index contributed by atoms with van der Waals surface area (Å²) in [5.74, 6) is 0. The highest BCUT2D eigenvalue weighted by molar-refractivity contribution is 5.83. The molecule has 2 rings (SSSR count). The highest BCUT2D eigenvalue weighted by Crippen LogP contribution is 2.28. The first-order chi connectivity index (χ1) is 7.61. The third-order valence-corrected chi connectivity index (χ3v) is 2.99. The maximum atomic E-state index is 6.06. The summed E-state index contributed by atoms with van der Waals surface area (Å²) in [6, 6.07) is 8.69. The Morgan fingerprint density at radius 2 is 1.94 bits per heavy atom. The van der Waals surface area contributed by atoms with E-state index in [-0.39, 0.29) is 12.1 Å². The van der Waals surface area contributed by atoms with Gasteiger partial charge in [0, 0.05) is 23.1 Å². The summed E-state index contributed by atoms with van der Waals surface area (Å²) >= 11 is 0. The molecule has 0 aliphatic rings. The molecular weight excluding hydrogens is 198 g/mol. The Morgan fingerprint density at radius 1 is 1.25 bits per heavy atom. The van der Waals surface area contributed by atoms with Gasteiger partial charge in [0.15, 0.2) is 0 Å². The fraction of sp³-hybridized carbons (Fsp3) is 0.385. The molecule has 0 bridgehead atoms. The Bertz CT molecular complexity index is 463. The molecule has 2 unspecified atom stereocenters. The minimum absolute atomic E-state index is 0.106. The van der Waals surface area contributed by atoms with Gasteiger partial charge in [-0.25, -0.2) is 0 Å². The molecule has 1 heterocycles. The van der Waals surface area contributed by atoms with Gasteiger partial charge in [-0.2, -0.15) is 0 Å². The lowest BCUT2D eigenvalue weighted by Crippen LogP contribution is -2.34. The quantitative estimate of drug-likeness (QED) is 0.827. The van der Waals surface area contributed by atoms with Crippen molar-refractivity contribution in [2.45, 2.75) is 19.0 Å². The maximum absolute atomic E-state index is 6.06. The van der Waals surface area contributed by atoms with Crippen molar-refractivity contribution in [2.75, 3.05) is 14.1 Å². The molecule has 0 fully saturated rings.